The number of nitrogens with one attached hydrogen (secondary N) is 1. The van der Waals surface area contributed by atoms with Crippen molar-refractivity contribution in [1.82, 2.24) is 0 Å². The molecule has 1 aliphatic carbocycles. The van der Waals surface area contributed by atoms with Crippen molar-refractivity contribution in [3.63, 3.8) is 0 Å². The molecule has 1 aromatic carbocycles. The minimum absolute atomic E-state index is 0.208. The van der Waals surface area contributed by atoms with E-state index in [0.29, 0.717) is 29.3 Å². The molecule has 0 radical (unpaired) electrons. The Balaban J connectivity index is 2.16. The molecule has 2 unspecified atom stereocenters. The van der Waals surface area contributed by atoms with E-state index in [1.807, 2.05) is 0 Å². The average molecular weight is 251 g/mol. The van der Waals surface area contributed by atoms with E-state index >= 15 is 0 Å². The van der Waals surface area contributed by atoms with Gasteiger partial charge in [0.15, 0.2) is 0 Å². The molecular weight excluding hydrogens is 229 g/mol. The zero-order chi connectivity index (χ0) is 13.1. The molecule has 0 aliphatic heterocycles. The van der Waals surface area contributed by atoms with Crippen molar-refractivity contribution in [3.05, 3.63) is 24.0 Å². The van der Waals surface area contributed by atoms with Crippen LogP contribution in [0.3, 0.4) is 0 Å². The maximum Gasteiger partial charge on any atom is 0.146 e. The van der Waals surface area contributed by atoms with Gasteiger partial charge in [-0.25, -0.2) is 4.39 Å². The Morgan fingerprint density at radius 3 is 2.50 bits per heavy atom. The molecule has 18 heavy (non-hydrogen) atoms. The van der Waals surface area contributed by atoms with Gasteiger partial charge in [-0.05, 0) is 36.8 Å². The van der Waals surface area contributed by atoms with Crippen LogP contribution in [0.25, 0.3) is 0 Å². The fourth-order valence-corrected chi connectivity index (χ4v) is 2.89. The van der Waals surface area contributed by atoms with E-state index in [-0.39, 0.29) is 5.82 Å². The molecule has 1 aliphatic rings. The fourth-order valence-electron chi connectivity index (χ4n) is 2.89. The van der Waals surface area contributed by atoms with Crippen molar-refractivity contribution >= 4 is 5.69 Å². The van der Waals surface area contributed by atoms with Gasteiger partial charge in [-0.15, -0.1) is 0 Å². The van der Waals surface area contributed by atoms with Gasteiger partial charge in [-0.2, -0.15) is 0 Å². The summed E-state index contributed by atoms with van der Waals surface area (Å²) in [6.07, 6.45) is 3.71. The molecule has 1 fully saturated rings. The van der Waals surface area contributed by atoms with Crippen LogP contribution < -0.4 is 10.1 Å². The topological polar surface area (TPSA) is 21.3 Å². The molecule has 0 amide bonds. The van der Waals surface area contributed by atoms with Crippen LogP contribution in [0.2, 0.25) is 0 Å². The van der Waals surface area contributed by atoms with Crippen LogP contribution in [0.1, 0.15) is 33.1 Å². The lowest BCUT2D eigenvalue weighted by molar-refractivity contribution is 0.267. The third-order valence-corrected chi connectivity index (χ3v) is 4.04. The molecule has 0 heterocycles. The van der Waals surface area contributed by atoms with Crippen molar-refractivity contribution in [2.75, 3.05) is 12.4 Å². The first kappa shape index (κ1) is 13.2. The second-order valence-electron chi connectivity index (χ2n) is 5.40. The van der Waals surface area contributed by atoms with Crippen LogP contribution >= 0.6 is 0 Å². The highest BCUT2D eigenvalue weighted by molar-refractivity contribution is 5.50. The Labute approximate surface area is 109 Å². The van der Waals surface area contributed by atoms with Crippen LogP contribution in [0.4, 0.5) is 10.1 Å². The Morgan fingerprint density at radius 1 is 1.22 bits per heavy atom. The summed E-state index contributed by atoms with van der Waals surface area (Å²) in [5, 5.41) is 3.37. The summed E-state index contributed by atoms with van der Waals surface area (Å²) in [7, 11) is 1.60. The average Bonchev–Trinajstić information content (AvgIpc) is 2.36. The predicted molar refractivity (Wildman–Crippen MR) is 72.5 cm³/mol. The van der Waals surface area contributed by atoms with Crippen LogP contribution in [0, 0.1) is 17.7 Å². The number of hydrogen-bond acceptors (Lipinski definition) is 2. The minimum Gasteiger partial charge on any atom is -0.497 e. The lowest BCUT2D eigenvalue weighted by Crippen LogP contribution is -2.37. The Morgan fingerprint density at radius 2 is 1.89 bits per heavy atom. The van der Waals surface area contributed by atoms with Gasteiger partial charge in [-0.1, -0.05) is 20.3 Å². The van der Waals surface area contributed by atoms with E-state index in [0.717, 1.165) is 0 Å². The minimum atomic E-state index is -0.208. The molecule has 2 atom stereocenters. The summed E-state index contributed by atoms with van der Waals surface area (Å²) in [5.74, 6) is 1.65. The second-order valence-corrected chi connectivity index (χ2v) is 5.40. The summed E-state index contributed by atoms with van der Waals surface area (Å²) >= 11 is 0. The van der Waals surface area contributed by atoms with Gasteiger partial charge < -0.3 is 10.1 Å². The Hall–Kier alpha value is -1.25. The SMILES string of the molecule is COc1ccc(F)c(NC2C(C)CCCC2C)c1. The zero-order valence-corrected chi connectivity index (χ0v) is 11.4. The maximum atomic E-state index is 13.8. The number of benzene rings is 1. The summed E-state index contributed by atoms with van der Waals surface area (Å²) in [6.45, 7) is 4.48. The van der Waals surface area contributed by atoms with Gasteiger partial charge in [0.1, 0.15) is 11.6 Å². The van der Waals surface area contributed by atoms with E-state index in [1.165, 1.54) is 25.3 Å². The van der Waals surface area contributed by atoms with Crippen LogP contribution in [-0.2, 0) is 0 Å². The summed E-state index contributed by atoms with van der Waals surface area (Å²) in [5.41, 5.74) is 0.556. The zero-order valence-electron chi connectivity index (χ0n) is 11.4. The molecule has 3 heteroatoms. The van der Waals surface area contributed by atoms with Gasteiger partial charge in [0, 0.05) is 12.1 Å². The normalized spacial score (nSPS) is 27.9. The molecule has 0 aromatic heterocycles. The highest BCUT2D eigenvalue weighted by Crippen LogP contribution is 2.32. The molecule has 1 saturated carbocycles. The first-order chi connectivity index (χ1) is 8.61. The monoisotopic (exact) mass is 251 g/mol. The van der Waals surface area contributed by atoms with E-state index in [9.17, 15) is 4.39 Å². The Kier molecular flexibility index (Phi) is 4.10. The number of anilines is 1. The Bertz CT molecular complexity index is 397. The second kappa shape index (κ2) is 5.59. The smallest absolute Gasteiger partial charge is 0.146 e. The van der Waals surface area contributed by atoms with Crippen molar-refractivity contribution in [1.29, 1.82) is 0 Å². The lowest BCUT2D eigenvalue weighted by Gasteiger charge is -2.36. The molecule has 2 nitrogen and oxygen atoms in total. The molecule has 0 saturated heterocycles. The van der Waals surface area contributed by atoms with Gasteiger partial charge in [-0.3, -0.25) is 0 Å². The van der Waals surface area contributed by atoms with Crippen molar-refractivity contribution in [3.8, 4) is 5.75 Å². The molecule has 2 rings (SSSR count). The number of halogens is 1. The van der Waals surface area contributed by atoms with Gasteiger partial charge >= 0.3 is 0 Å². The number of ether oxygens (including phenoxy) is 1. The van der Waals surface area contributed by atoms with Gasteiger partial charge in [0.2, 0.25) is 0 Å². The summed E-state index contributed by atoms with van der Waals surface area (Å²) in [4.78, 5) is 0. The number of methoxy groups -OCH3 is 1. The quantitative estimate of drug-likeness (QED) is 0.874. The molecule has 100 valence electrons. The largest absolute Gasteiger partial charge is 0.497 e. The highest BCUT2D eigenvalue weighted by Gasteiger charge is 2.28. The van der Waals surface area contributed by atoms with Crippen LogP contribution in [-0.4, -0.2) is 13.2 Å². The van der Waals surface area contributed by atoms with Gasteiger partial charge in [0.05, 0.1) is 12.8 Å². The summed E-state index contributed by atoms with van der Waals surface area (Å²) in [6, 6.07) is 5.19. The van der Waals surface area contributed by atoms with Gasteiger partial charge in [0.25, 0.3) is 0 Å². The van der Waals surface area contributed by atoms with Crippen LogP contribution in [0.15, 0.2) is 18.2 Å². The molecular formula is C15H22FNO. The van der Waals surface area contributed by atoms with Crippen molar-refractivity contribution in [2.45, 2.75) is 39.2 Å². The van der Waals surface area contributed by atoms with Crippen molar-refractivity contribution in [2.24, 2.45) is 11.8 Å². The first-order valence-corrected chi connectivity index (χ1v) is 6.72. The standard InChI is InChI=1S/C15H22FNO/c1-10-5-4-6-11(2)15(10)17-14-9-12(18-3)7-8-13(14)16/h7-11,15,17H,4-6H2,1-3H3. The third-order valence-electron chi connectivity index (χ3n) is 4.04. The molecule has 0 spiro atoms. The van der Waals surface area contributed by atoms with E-state index in [2.05, 4.69) is 19.2 Å². The van der Waals surface area contributed by atoms with Crippen molar-refractivity contribution < 1.29 is 9.13 Å². The lowest BCUT2D eigenvalue weighted by atomic mass is 9.78. The third kappa shape index (κ3) is 2.77. The maximum absolute atomic E-state index is 13.8. The van der Waals surface area contributed by atoms with E-state index < -0.39 is 0 Å². The summed E-state index contributed by atoms with van der Waals surface area (Å²) < 4.78 is 18.9. The highest BCUT2D eigenvalue weighted by atomic mass is 19.1. The number of rotatable bonds is 3. The molecule has 1 aromatic rings. The molecule has 0 bridgehead atoms. The predicted octanol–water partition coefficient (Wildman–Crippen LogP) is 4.07. The van der Waals surface area contributed by atoms with E-state index in [4.69, 9.17) is 4.74 Å². The van der Waals surface area contributed by atoms with E-state index in [1.54, 1.807) is 19.2 Å². The van der Waals surface area contributed by atoms with Crippen LogP contribution in [0.5, 0.6) is 5.75 Å². The fraction of sp³-hybridized carbons (Fsp3) is 0.600. The number of hydrogen-bond donors (Lipinski definition) is 1. The first-order valence-electron chi connectivity index (χ1n) is 6.72. The molecule has 1 N–H and O–H groups in total.